The highest BCUT2D eigenvalue weighted by Gasteiger charge is 2.14. The molecule has 0 bridgehead atoms. The lowest BCUT2D eigenvalue weighted by Crippen LogP contribution is -2.13. The van der Waals surface area contributed by atoms with E-state index in [1.54, 1.807) is 0 Å². The molecule has 0 fully saturated rings. The van der Waals surface area contributed by atoms with Gasteiger partial charge in [0.1, 0.15) is 12.0 Å². The molecule has 2 rings (SSSR count). The molecular weight excluding hydrogens is 264 g/mol. The molecule has 5 nitrogen and oxygen atoms in total. The Bertz CT molecular complexity index is 559. The van der Waals surface area contributed by atoms with E-state index >= 15 is 0 Å². The molecule has 0 amide bonds. The predicted octanol–water partition coefficient (Wildman–Crippen LogP) is 3.41. The molecule has 21 heavy (non-hydrogen) atoms. The second-order valence-corrected chi connectivity index (χ2v) is 4.81. The van der Waals surface area contributed by atoms with Gasteiger partial charge < -0.3 is 15.8 Å². The van der Waals surface area contributed by atoms with E-state index in [0.717, 1.165) is 12.8 Å². The second-order valence-electron chi connectivity index (χ2n) is 4.81. The average molecular weight is 286 g/mol. The van der Waals surface area contributed by atoms with E-state index in [1.165, 1.54) is 11.9 Å². The van der Waals surface area contributed by atoms with Crippen molar-refractivity contribution in [1.29, 1.82) is 0 Å². The van der Waals surface area contributed by atoms with Gasteiger partial charge in [0.15, 0.2) is 5.82 Å². The van der Waals surface area contributed by atoms with Gasteiger partial charge in [0.2, 0.25) is 5.88 Å². The van der Waals surface area contributed by atoms with Crippen LogP contribution in [0.15, 0.2) is 36.7 Å². The summed E-state index contributed by atoms with van der Waals surface area (Å²) in [6, 6.07) is 10.4. The highest BCUT2D eigenvalue weighted by molar-refractivity contribution is 5.67. The van der Waals surface area contributed by atoms with E-state index in [2.05, 4.69) is 34.3 Å². The molecule has 0 aliphatic heterocycles. The lowest BCUT2D eigenvalue weighted by Gasteiger charge is -2.19. The summed E-state index contributed by atoms with van der Waals surface area (Å²) in [4.78, 5) is 8.32. The zero-order valence-corrected chi connectivity index (χ0v) is 12.5. The van der Waals surface area contributed by atoms with Gasteiger partial charge >= 0.3 is 0 Å². The smallest absolute Gasteiger partial charge is 0.242 e. The van der Waals surface area contributed by atoms with Crippen LogP contribution in [0.2, 0.25) is 0 Å². The number of nitrogens with one attached hydrogen (secondary N) is 1. The minimum Gasteiger partial charge on any atom is -0.476 e. The molecule has 3 N–H and O–H groups in total. The molecule has 0 aliphatic carbocycles. The minimum absolute atomic E-state index is 0.155. The molecule has 1 atom stereocenters. The van der Waals surface area contributed by atoms with Crippen molar-refractivity contribution >= 4 is 11.5 Å². The van der Waals surface area contributed by atoms with E-state index in [-0.39, 0.29) is 6.04 Å². The zero-order valence-electron chi connectivity index (χ0n) is 12.5. The number of hydrogen-bond donors (Lipinski definition) is 2. The topological polar surface area (TPSA) is 73.1 Å². The van der Waals surface area contributed by atoms with E-state index < -0.39 is 0 Å². The number of anilines is 2. The largest absolute Gasteiger partial charge is 0.476 e. The van der Waals surface area contributed by atoms with Crippen molar-refractivity contribution in [3.8, 4) is 5.88 Å². The van der Waals surface area contributed by atoms with Crippen LogP contribution in [-0.4, -0.2) is 16.6 Å². The molecule has 112 valence electrons. The van der Waals surface area contributed by atoms with Crippen molar-refractivity contribution in [2.75, 3.05) is 17.7 Å². The summed E-state index contributed by atoms with van der Waals surface area (Å²) in [6.45, 7) is 4.76. The Labute approximate surface area is 125 Å². The van der Waals surface area contributed by atoms with Crippen LogP contribution in [-0.2, 0) is 0 Å². The van der Waals surface area contributed by atoms with Crippen LogP contribution < -0.4 is 15.8 Å². The summed E-state index contributed by atoms with van der Waals surface area (Å²) in [6.07, 6.45) is 3.31. The van der Waals surface area contributed by atoms with Crippen molar-refractivity contribution in [3.05, 3.63) is 42.2 Å². The van der Waals surface area contributed by atoms with Gasteiger partial charge in [0.25, 0.3) is 0 Å². The standard InChI is InChI=1S/C16H22N4O/c1-3-10-21-16-14(17)15(18-11-19-16)20-13(4-2)12-8-6-5-7-9-12/h5-9,11,13H,3-4,10,17H2,1-2H3,(H,18,19,20). The van der Waals surface area contributed by atoms with Crippen LogP contribution in [0.5, 0.6) is 5.88 Å². The van der Waals surface area contributed by atoms with Gasteiger partial charge in [0, 0.05) is 0 Å². The average Bonchev–Trinajstić information content (AvgIpc) is 2.53. The molecule has 0 saturated heterocycles. The van der Waals surface area contributed by atoms with Crippen LogP contribution in [0.25, 0.3) is 0 Å². The van der Waals surface area contributed by atoms with Gasteiger partial charge in [0.05, 0.1) is 12.6 Å². The molecule has 0 spiro atoms. The fourth-order valence-corrected chi connectivity index (χ4v) is 2.08. The van der Waals surface area contributed by atoms with Gasteiger partial charge in [-0.05, 0) is 18.4 Å². The van der Waals surface area contributed by atoms with Crippen LogP contribution in [0.3, 0.4) is 0 Å². The number of hydrogen-bond acceptors (Lipinski definition) is 5. The van der Waals surface area contributed by atoms with Crippen molar-refractivity contribution in [2.24, 2.45) is 0 Å². The van der Waals surface area contributed by atoms with Gasteiger partial charge in [-0.3, -0.25) is 0 Å². The Morgan fingerprint density at radius 3 is 2.62 bits per heavy atom. The van der Waals surface area contributed by atoms with E-state index in [4.69, 9.17) is 10.5 Å². The second kappa shape index (κ2) is 7.47. The number of nitrogens with zero attached hydrogens (tertiary/aromatic N) is 2. The third kappa shape index (κ3) is 3.84. The third-order valence-corrected chi connectivity index (χ3v) is 3.21. The Hall–Kier alpha value is -2.30. The number of benzene rings is 1. The first kappa shape index (κ1) is 15.1. The summed E-state index contributed by atoms with van der Waals surface area (Å²) in [5.41, 5.74) is 7.75. The first-order valence-electron chi connectivity index (χ1n) is 7.31. The SMILES string of the molecule is CCCOc1ncnc(NC(CC)c2ccccc2)c1N. The van der Waals surface area contributed by atoms with Gasteiger partial charge in [-0.25, -0.2) is 4.98 Å². The monoisotopic (exact) mass is 286 g/mol. The van der Waals surface area contributed by atoms with E-state index in [0.29, 0.717) is 24.0 Å². The quantitative estimate of drug-likeness (QED) is 0.816. The number of nitrogens with two attached hydrogens (primary N) is 1. The maximum atomic E-state index is 6.09. The molecule has 0 radical (unpaired) electrons. The molecule has 1 unspecified atom stereocenters. The molecule has 1 aromatic carbocycles. The van der Waals surface area contributed by atoms with E-state index in [1.807, 2.05) is 25.1 Å². The summed E-state index contributed by atoms with van der Waals surface area (Å²) < 4.78 is 5.53. The predicted molar refractivity (Wildman–Crippen MR) is 85.3 cm³/mol. The first-order valence-corrected chi connectivity index (χ1v) is 7.31. The number of aromatic nitrogens is 2. The molecule has 2 aromatic rings. The number of ether oxygens (including phenoxy) is 1. The number of rotatable bonds is 7. The van der Waals surface area contributed by atoms with Gasteiger partial charge in [-0.1, -0.05) is 44.2 Å². The number of nitrogen functional groups attached to an aromatic ring is 1. The van der Waals surface area contributed by atoms with Crippen LogP contribution in [0.4, 0.5) is 11.5 Å². The highest BCUT2D eigenvalue weighted by Crippen LogP contribution is 2.29. The molecule has 1 aromatic heterocycles. The Kier molecular flexibility index (Phi) is 5.37. The minimum atomic E-state index is 0.155. The highest BCUT2D eigenvalue weighted by atomic mass is 16.5. The van der Waals surface area contributed by atoms with Crippen LogP contribution >= 0.6 is 0 Å². The lowest BCUT2D eigenvalue weighted by molar-refractivity contribution is 0.306. The maximum Gasteiger partial charge on any atom is 0.242 e. The normalized spacial score (nSPS) is 11.9. The molecular formula is C16H22N4O. The summed E-state index contributed by atoms with van der Waals surface area (Å²) in [5, 5.41) is 3.37. The van der Waals surface area contributed by atoms with Crippen molar-refractivity contribution < 1.29 is 4.74 Å². The fraction of sp³-hybridized carbons (Fsp3) is 0.375. The molecule has 5 heteroatoms. The fourth-order valence-electron chi connectivity index (χ4n) is 2.08. The summed E-state index contributed by atoms with van der Waals surface area (Å²) in [5.74, 6) is 1.06. The van der Waals surface area contributed by atoms with Crippen molar-refractivity contribution in [2.45, 2.75) is 32.7 Å². The van der Waals surface area contributed by atoms with Gasteiger partial charge in [-0.2, -0.15) is 4.98 Å². The Morgan fingerprint density at radius 2 is 1.95 bits per heavy atom. The molecule has 0 aliphatic rings. The van der Waals surface area contributed by atoms with Crippen molar-refractivity contribution in [1.82, 2.24) is 9.97 Å². The maximum absolute atomic E-state index is 6.09. The first-order chi connectivity index (χ1) is 10.3. The van der Waals surface area contributed by atoms with Crippen molar-refractivity contribution in [3.63, 3.8) is 0 Å². The zero-order chi connectivity index (χ0) is 15.1. The van der Waals surface area contributed by atoms with E-state index in [9.17, 15) is 0 Å². The summed E-state index contributed by atoms with van der Waals surface area (Å²) in [7, 11) is 0. The Balaban J connectivity index is 2.18. The molecule has 1 heterocycles. The molecule has 0 saturated carbocycles. The van der Waals surface area contributed by atoms with Crippen LogP contribution in [0.1, 0.15) is 38.3 Å². The third-order valence-electron chi connectivity index (χ3n) is 3.21. The Morgan fingerprint density at radius 1 is 1.19 bits per heavy atom. The lowest BCUT2D eigenvalue weighted by atomic mass is 10.0. The van der Waals surface area contributed by atoms with Crippen LogP contribution in [0, 0.1) is 0 Å². The van der Waals surface area contributed by atoms with Gasteiger partial charge in [-0.15, -0.1) is 0 Å². The summed E-state index contributed by atoms with van der Waals surface area (Å²) >= 11 is 0.